The van der Waals surface area contributed by atoms with Gasteiger partial charge in [0.05, 0.1) is 4.90 Å². The van der Waals surface area contributed by atoms with E-state index in [1.165, 1.54) is 43.0 Å². The van der Waals surface area contributed by atoms with E-state index in [1.807, 2.05) is 6.92 Å². The Morgan fingerprint density at radius 3 is 2.54 bits per heavy atom. The molecule has 2 aromatic heterocycles. The quantitative estimate of drug-likeness (QED) is 0.788. The van der Waals surface area contributed by atoms with Crippen molar-refractivity contribution in [1.29, 1.82) is 0 Å². The van der Waals surface area contributed by atoms with E-state index in [0.717, 1.165) is 15.6 Å². The topological polar surface area (TPSA) is 72.2 Å². The maximum Gasteiger partial charge on any atom is 0.267 e. The van der Waals surface area contributed by atoms with Gasteiger partial charge in [0.2, 0.25) is 0 Å². The van der Waals surface area contributed by atoms with Crippen LogP contribution in [0.5, 0.6) is 0 Å². The van der Waals surface area contributed by atoms with Crippen molar-refractivity contribution >= 4 is 10.0 Å². The smallest absolute Gasteiger partial charge is 0.267 e. The van der Waals surface area contributed by atoms with Crippen LogP contribution in [-0.4, -0.2) is 22.5 Å². The van der Waals surface area contributed by atoms with Gasteiger partial charge in [0.1, 0.15) is 11.9 Å². The maximum atomic E-state index is 13.7. The summed E-state index contributed by atoms with van der Waals surface area (Å²) in [4.78, 5) is 3.91. The van der Waals surface area contributed by atoms with Crippen LogP contribution in [0, 0.1) is 12.7 Å². The van der Waals surface area contributed by atoms with Crippen molar-refractivity contribution < 1.29 is 17.9 Å². The number of halogens is 1. The zero-order valence-electron chi connectivity index (χ0n) is 12.8. The number of aliphatic hydroxyl groups is 1. The molecule has 0 radical (unpaired) electrons. The number of aryl methyl sites for hydroxylation is 1. The summed E-state index contributed by atoms with van der Waals surface area (Å²) in [5.41, 5.74) is 1.20. The van der Waals surface area contributed by atoms with Gasteiger partial charge in [-0.1, -0.05) is 17.7 Å². The Morgan fingerprint density at radius 2 is 1.88 bits per heavy atom. The molecule has 2 heterocycles. The van der Waals surface area contributed by atoms with Gasteiger partial charge >= 0.3 is 0 Å². The molecular weight excluding hydrogens is 331 g/mol. The van der Waals surface area contributed by atoms with Gasteiger partial charge in [-0.15, -0.1) is 0 Å². The summed E-state index contributed by atoms with van der Waals surface area (Å²) in [6, 6.07) is 9.01. The molecule has 0 aliphatic rings. The van der Waals surface area contributed by atoms with Crippen LogP contribution in [0.25, 0.3) is 0 Å². The number of benzene rings is 1. The highest BCUT2D eigenvalue weighted by Crippen LogP contribution is 2.25. The molecule has 0 saturated heterocycles. The van der Waals surface area contributed by atoms with Crippen molar-refractivity contribution in [3.05, 3.63) is 83.7 Å². The molecule has 0 fully saturated rings. The Labute approximate surface area is 139 Å². The SMILES string of the molecule is Cc1ccc(S(=O)(=O)n2ccc(C(O)c3cnccc3F)c2)cc1. The maximum absolute atomic E-state index is 13.7. The van der Waals surface area contributed by atoms with Gasteiger partial charge in [-0.2, -0.15) is 0 Å². The molecule has 1 aromatic carbocycles. The first-order valence-corrected chi connectivity index (χ1v) is 8.61. The summed E-state index contributed by atoms with van der Waals surface area (Å²) in [6.07, 6.45) is 3.78. The Bertz CT molecular complexity index is 966. The molecule has 1 N–H and O–H groups in total. The summed E-state index contributed by atoms with van der Waals surface area (Å²) >= 11 is 0. The molecule has 0 aliphatic heterocycles. The number of pyridine rings is 1. The molecule has 3 rings (SSSR count). The standard InChI is InChI=1S/C17H15FN2O3S/c1-12-2-4-14(5-3-12)24(22,23)20-9-7-13(11-20)17(21)15-10-19-8-6-16(15)18/h2-11,17,21H,1H3. The molecular formula is C17H15FN2O3S. The van der Waals surface area contributed by atoms with E-state index in [1.54, 1.807) is 12.1 Å². The lowest BCUT2D eigenvalue weighted by Crippen LogP contribution is -2.11. The highest BCUT2D eigenvalue weighted by atomic mass is 32.2. The fraction of sp³-hybridized carbons (Fsp3) is 0.118. The van der Waals surface area contributed by atoms with Crippen LogP contribution < -0.4 is 0 Å². The molecule has 0 saturated carbocycles. The zero-order chi connectivity index (χ0) is 17.3. The van der Waals surface area contributed by atoms with Gasteiger partial charge in [-0.25, -0.2) is 16.8 Å². The van der Waals surface area contributed by atoms with Crippen molar-refractivity contribution in [3.8, 4) is 0 Å². The average Bonchev–Trinajstić information content (AvgIpc) is 3.06. The van der Waals surface area contributed by atoms with Gasteiger partial charge in [-0.05, 0) is 31.2 Å². The van der Waals surface area contributed by atoms with E-state index in [9.17, 15) is 17.9 Å². The molecule has 0 spiro atoms. The summed E-state index contributed by atoms with van der Waals surface area (Å²) in [6.45, 7) is 1.86. The molecule has 5 nitrogen and oxygen atoms in total. The lowest BCUT2D eigenvalue weighted by Gasteiger charge is -2.10. The van der Waals surface area contributed by atoms with E-state index >= 15 is 0 Å². The van der Waals surface area contributed by atoms with Gasteiger partial charge in [0.25, 0.3) is 10.0 Å². The van der Waals surface area contributed by atoms with Crippen LogP contribution in [0.1, 0.15) is 22.8 Å². The van der Waals surface area contributed by atoms with Crippen molar-refractivity contribution in [2.45, 2.75) is 17.9 Å². The third-order valence-electron chi connectivity index (χ3n) is 3.69. The highest BCUT2D eigenvalue weighted by molar-refractivity contribution is 7.90. The average molecular weight is 346 g/mol. The normalized spacial score (nSPS) is 13.0. The predicted molar refractivity (Wildman–Crippen MR) is 86.5 cm³/mol. The molecule has 7 heteroatoms. The van der Waals surface area contributed by atoms with Crippen LogP contribution in [-0.2, 0) is 10.0 Å². The number of hydrogen-bond donors (Lipinski definition) is 1. The van der Waals surface area contributed by atoms with E-state index in [2.05, 4.69) is 4.98 Å². The number of nitrogens with zero attached hydrogens (tertiary/aromatic N) is 2. The third-order valence-corrected chi connectivity index (χ3v) is 5.34. The predicted octanol–water partition coefficient (Wildman–Crippen LogP) is 2.65. The van der Waals surface area contributed by atoms with Gasteiger partial charge < -0.3 is 5.11 Å². The lowest BCUT2D eigenvalue weighted by molar-refractivity contribution is 0.214. The summed E-state index contributed by atoms with van der Waals surface area (Å²) in [7, 11) is -3.76. The van der Waals surface area contributed by atoms with Crippen LogP contribution in [0.15, 0.2) is 66.1 Å². The molecule has 124 valence electrons. The third kappa shape index (κ3) is 2.95. The number of hydrogen-bond acceptors (Lipinski definition) is 4. The van der Waals surface area contributed by atoms with Crippen LogP contribution in [0.3, 0.4) is 0 Å². The molecule has 24 heavy (non-hydrogen) atoms. The summed E-state index contributed by atoms with van der Waals surface area (Å²) in [5, 5.41) is 10.3. The van der Waals surface area contributed by atoms with E-state index < -0.39 is 21.9 Å². The zero-order valence-corrected chi connectivity index (χ0v) is 13.6. The van der Waals surface area contributed by atoms with Gasteiger partial charge in [-0.3, -0.25) is 4.98 Å². The minimum atomic E-state index is -3.76. The Kier molecular flexibility index (Phi) is 4.21. The lowest BCUT2D eigenvalue weighted by atomic mass is 10.1. The molecule has 0 amide bonds. The monoisotopic (exact) mass is 346 g/mol. The van der Waals surface area contributed by atoms with Crippen LogP contribution in [0.2, 0.25) is 0 Å². The highest BCUT2D eigenvalue weighted by Gasteiger charge is 2.21. The molecule has 3 aromatic rings. The first kappa shape index (κ1) is 16.4. The summed E-state index contributed by atoms with van der Waals surface area (Å²) in [5.74, 6) is -0.605. The Morgan fingerprint density at radius 1 is 1.17 bits per heavy atom. The van der Waals surface area contributed by atoms with Crippen LogP contribution in [0.4, 0.5) is 4.39 Å². The molecule has 1 atom stereocenters. The molecule has 0 aliphatic carbocycles. The largest absolute Gasteiger partial charge is 0.383 e. The Hall–Kier alpha value is -2.51. The molecule has 1 unspecified atom stereocenters. The van der Waals surface area contributed by atoms with Crippen molar-refractivity contribution in [1.82, 2.24) is 8.96 Å². The minimum absolute atomic E-state index is 0.0111. The van der Waals surface area contributed by atoms with Crippen molar-refractivity contribution in [2.24, 2.45) is 0 Å². The van der Waals surface area contributed by atoms with Crippen molar-refractivity contribution in [3.63, 3.8) is 0 Å². The molecule has 0 bridgehead atoms. The number of rotatable bonds is 4. The fourth-order valence-electron chi connectivity index (χ4n) is 2.31. The van der Waals surface area contributed by atoms with E-state index in [4.69, 9.17) is 0 Å². The second-order valence-electron chi connectivity index (χ2n) is 5.39. The first-order valence-electron chi connectivity index (χ1n) is 7.17. The second kappa shape index (κ2) is 6.18. The number of aliphatic hydroxyl groups excluding tert-OH is 1. The Balaban J connectivity index is 1.96. The van der Waals surface area contributed by atoms with Gasteiger partial charge in [0.15, 0.2) is 0 Å². The van der Waals surface area contributed by atoms with E-state index in [-0.39, 0.29) is 16.0 Å². The van der Waals surface area contributed by atoms with E-state index in [0.29, 0.717) is 0 Å². The minimum Gasteiger partial charge on any atom is -0.383 e. The fourth-order valence-corrected chi connectivity index (χ4v) is 3.51. The first-order chi connectivity index (χ1) is 11.4. The second-order valence-corrected chi connectivity index (χ2v) is 7.24. The van der Waals surface area contributed by atoms with Crippen LogP contribution >= 0.6 is 0 Å². The summed E-state index contributed by atoms with van der Waals surface area (Å²) < 4.78 is 39.9. The van der Waals surface area contributed by atoms with Crippen molar-refractivity contribution in [2.75, 3.05) is 0 Å². The van der Waals surface area contributed by atoms with Gasteiger partial charge in [0, 0.05) is 35.9 Å². The number of aromatic nitrogens is 2.